The van der Waals surface area contributed by atoms with E-state index in [0.717, 1.165) is 30.8 Å². The van der Waals surface area contributed by atoms with Gasteiger partial charge in [0, 0.05) is 19.6 Å². The van der Waals surface area contributed by atoms with Crippen LogP contribution in [-0.2, 0) is 11.4 Å². The molecule has 5 heteroatoms. The smallest absolute Gasteiger partial charge is 0.260 e. The summed E-state index contributed by atoms with van der Waals surface area (Å²) in [6.07, 6.45) is 0.996. The molecule has 2 aromatic rings. The Labute approximate surface area is 148 Å². The Hall–Kier alpha value is -2.53. The van der Waals surface area contributed by atoms with Crippen LogP contribution in [0.4, 0.5) is 0 Å². The topological polar surface area (TPSA) is 50.8 Å². The fourth-order valence-corrected chi connectivity index (χ4v) is 2.79. The summed E-state index contributed by atoms with van der Waals surface area (Å²) in [5.41, 5.74) is 1.12. The molecule has 132 valence electrons. The molecular weight excluding hydrogens is 316 g/mol. The van der Waals surface area contributed by atoms with Crippen molar-refractivity contribution in [2.45, 2.75) is 19.1 Å². The summed E-state index contributed by atoms with van der Waals surface area (Å²) in [7, 11) is 1.84. The molecule has 1 aliphatic rings. The number of carbonyl (C=O) groups excluding carboxylic acids is 1. The number of rotatable bonds is 7. The maximum absolute atomic E-state index is 12.2. The molecule has 0 radical (unpaired) electrons. The molecule has 0 saturated carbocycles. The van der Waals surface area contributed by atoms with Crippen LogP contribution in [0.15, 0.2) is 54.6 Å². The first-order chi connectivity index (χ1) is 12.2. The lowest BCUT2D eigenvalue weighted by molar-refractivity contribution is -0.133. The van der Waals surface area contributed by atoms with Crippen LogP contribution in [0.25, 0.3) is 0 Å². The lowest BCUT2D eigenvalue weighted by Gasteiger charge is -2.23. The molecule has 1 saturated heterocycles. The maximum atomic E-state index is 12.2. The molecule has 1 fully saturated rings. The van der Waals surface area contributed by atoms with Gasteiger partial charge in [-0.05, 0) is 42.8 Å². The average molecular weight is 340 g/mol. The van der Waals surface area contributed by atoms with E-state index in [4.69, 9.17) is 9.47 Å². The Kier molecular flexibility index (Phi) is 5.90. The van der Waals surface area contributed by atoms with Crippen molar-refractivity contribution >= 4 is 5.91 Å². The van der Waals surface area contributed by atoms with Gasteiger partial charge in [-0.2, -0.15) is 0 Å². The molecule has 1 aliphatic heterocycles. The van der Waals surface area contributed by atoms with Crippen LogP contribution in [0.2, 0.25) is 0 Å². The minimum absolute atomic E-state index is 0.00176. The molecule has 25 heavy (non-hydrogen) atoms. The van der Waals surface area contributed by atoms with Crippen LogP contribution in [0, 0.1) is 0 Å². The largest absolute Gasteiger partial charge is 0.489 e. The number of hydrogen-bond acceptors (Lipinski definition) is 4. The maximum Gasteiger partial charge on any atom is 0.260 e. The summed E-state index contributed by atoms with van der Waals surface area (Å²) in [4.78, 5) is 14.0. The lowest BCUT2D eigenvalue weighted by atomic mass is 10.2. The quantitative estimate of drug-likeness (QED) is 0.841. The van der Waals surface area contributed by atoms with Gasteiger partial charge in [-0.3, -0.25) is 4.79 Å². The van der Waals surface area contributed by atoms with Crippen molar-refractivity contribution in [3.8, 4) is 11.5 Å². The third kappa shape index (κ3) is 4.97. The first-order valence-corrected chi connectivity index (χ1v) is 8.58. The Morgan fingerprint density at radius 1 is 1.08 bits per heavy atom. The predicted octanol–water partition coefficient (Wildman–Crippen LogP) is 2.46. The van der Waals surface area contributed by atoms with Crippen molar-refractivity contribution in [3.63, 3.8) is 0 Å². The molecule has 3 rings (SSSR count). The Bertz CT molecular complexity index is 667. The van der Waals surface area contributed by atoms with Gasteiger partial charge in [0.25, 0.3) is 5.91 Å². The van der Waals surface area contributed by atoms with Gasteiger partial charge in [0.1, 0.15) is 18.1 Å². The van der Waals surface area contributed by atoms with E-state index in [1.807, 2.05) is 61.6 Å². The molecule has 1 heterocycles. The van der Waals surface area contributed by atoms with Crippen molar-refractivity contribution in [3.05, 3.63) is 60.2 Å². The second-order valence-corrected chi connectivity index (χ2v) is 6.19. The van der Waals surface area contributed by atoms with E-state index in [0.29, 0.717) is 12.4 Å². The predicted molar refractivity (Wildman–Crippen MR) is 96.8 cm³/mol. The standard InChI is InChI=1S/C20H24N2O3/c1-22(17-11-12-21-13-17)20(23)15-25-19-9-7-18(8-10-19)24-14-16-5-3-2-4-6-16/h2-10,17,21H,11-15H2,1H3. The molecule has 0 spiro atoms. The second kappa shape index (κ2) is 8.53. The summed E-state index contributed by atoms with van der Waals surface area (Å²) in [5.74, 6) is 1.44. The Morgan fingerprint density at radius 3 is 2.40 bits per heavy atom. The molecule has 2 aromatic carbocycles. The second-order valence-electron chi connectivity index (χ2n) is 6.19. The SMILES string of the molecule is CN(C(=O)COc1ccc(OCc2ccccc2)cc1)C1CCNC1. The van der Waals surface area contributed by atoms with E-state index < -0.39 is 0 Å². The fourth-order valence-electron chi connectivity index (χ4n) is 2.79. The minimum Gasteiger partial charge on any atom is -0.489 e. The van der Waals surface area contributed by atoms with Gasteiger partial charge in [0.2, 0.25) is 0 Å². The summed E-state index contributed by atoms with van der Waals surface area (Å²) < 4.78 is 11.3. The number of nitrogens with zero attached hydrogens (tertiary/aromatic N) is 1. The highest BCUT2D eigenvalue weighted by molar-refractivity contribution is 5.77. The molecule has 1 amide bonds. The zero-order valence-electron chi connectivity index (χ0n) is 14.5. The third-order valence-electron chi connectivity index (χ3n) is 4.41. The first kappa shape index (κ1) is 17.3. The number of nitrogens with one attached hydrogen (secondary N) is 1. The van der Waals surface area contributed by atoms with Gasteiger partial charge in [-0.15, -0.1) is 0 Å². The number of likely N-dealkylation sites (N-methyl/N-ethyl adjacent to an activating group) is 1. The molecule has 1 atom stereocenters. The number of benzene rings is 2. The van der Waals surface area contributed by atoms with Crippen molar-refractivity contribution in [1.82, 2.24) is 10.2 Å². The third-order valence-corrected chi connectivity index (χ3v) is 4.41. The van der Waals surface area contributed by atoms with E-state index in [1.54, 1.807) is 4.90 Å². The molecular formula is C20H24N2O3. The van der Waals surface area contributed by atoms with Crippen molar-refractivity contribution in [2.75, 3.05) is 26.7 Å². The molecule has 5 nitrogen and oxygen atoms in total. The van der Waals surface area contributed by atoms with Gasteiger partial charge < -0.3 is 19.7 Å². The summed E-state index contributed by atoms with van der Waals surface area (Å²) in [6.45, 7) is 2.40. The van der Waals surface area contributed by atoms with E-state index in [9.17, 15) is 4.79 Å². The number of amides is 1. The van der Waals surface area contributed by atoms with E-state index in [1.165, 1.54) is 0 Å². The van der Waals surface area contributed by atoms with Crippen LogP contribution >= 0.6 is 0 Å². The Morgan fingerprint density at radius 2 is 1.76 bits per heavy atom. The number of carbonyl (C=O) groups is 1. The average Bonchev–Trinajstić information content (AvgIpc) is 3.20. The fraction of sp³-hybridized carbons (Fsp3) is 0.350. The van der Waals surface area contributed by atoms with Gasteiger partial charge in [0.05, 0.1) is 0 Å². The van der Waals surface area contributed by atoms with Crippen LogP contribution in [0.5, 0.6) is 11.5 Å². The summed E-state index contributed by atoms with van der Waals surface area (Å²) in [6, 6.07) is 17.6. The highest BCUT2D eigenvalue weighted by Gasteiger charge is 2.23. The zero-order valence-corrected chi connectivity index (χ0v) is 14.5. The normalized spacial score (nSPS) is 16.4. The molecule has 0 aromatic heterocycles. The van der Waals surface area contributed by atoms with Gasteiger partial charge in [-0.25, -0.2) is 0 Å². The molecule has 0 aliphatic carbocycles. The van der Waals surface area contributed by atoms with Crippen LogP contribution < -0.4 is 14.8 Å². The monoisotopic (exact) mass is 340 g/mol. The number of hydrogen-bond donors (Lipinski definition) is 1. The minimum atomic E-state index is -0.00176. The van der Waals surface area contributed by atoms with Gasteiger partial charge >= 0.3 is 0 Å². The van der Waals surface area contributed by atoms with Gasteiger partial charge in [-0.1, -0.05) is 30.3 Å². The zero-order chi connectivity index (χ0) is 17.5. The van der Waals surface area contributed by atoms with E-state index >= 15 is 0 Å². The van der Waals surface area contributed by atoms with Crippen molar-refractivity contribution in [2.24, 2.45) is 0 Å². The van der Waals surface area contributed by atoms with Gasteiger partial charge in [0.15, 0.2) is 6.61 Å². The lowest BCUT2D eigenvalue weighted by Crippen LogP contribution is -2.40. The van der Waals surface area contributed by atoms with Crippen molar-refractivity contribution < 1.29 is 14.3 Å². The van der Waals surface area contributed by atoms with Crippen molar-refractivity contribution in [1.29, 1.82) is 0 Å². The van der Waals surface area contributed by atoms with E-state index in [2.05, 4.69) is 5.32 Å². The highest BCUT2D eigenvalue weighted by atomic mass is 16.5. The highest BCUT2D eigenvalue weighted by Crippen LogP contribution is 2.19. The van der Waals surface area contributed by atoms with Crippen LogP contribution in [0.3, 0.4) is 0 Å². The molecule has 1 N–H and O–H groups in total. The molecule has 0 bridgehead atoms. The van der Waals surface area contributed by atoms with E-state index in [-0.39, 0.29) is 18.6 Å². The summed E-state index contributed by atoms with van der Waals surface area (Å²) >= 11 is 0. The van der Waals surface area contributed by atoms with Crippen LogP contribution in [0.1, 0.15) is 12.0 Å². The first-order valence-electron chi connectivity index (χ1n) is 8.58. The number of ether oxygens (including phenoxy) is 2. The van der Waals surface area contributed by atoms with Crippen LogP contribution in [-0.4, -0.2) is 43.6 Å². The summed E-state index contributed by atoms with van der Waals surface area (Å²) in [5, 5.41) is 3.26. The molecule has 1 unspecified atom stereocenters. The Balaban J connectivity index is 1.45.